The molecule has 5 nitrogen and oxygen atoms in total. The molecule has 0 aliphatic rings. The Kier molecular flexibility index (Phi) is 8.57. The Morgan fingerprint density at radius 1 is 0.969 bits per heavy atom. The van der Waals surface area contributed by atoms with Crippen LogP contribution in [0.5, 0.6) is 0 Å². The Bertz CT molecular complexity index is 799. The van der Waals surface area contributed by atoms with Crippen LogP contribution in [0.25, 0.3) is 0 Å². The molecule has 12 heteroatoms. The lowest BCUT2D eigenvalue weighted by Gasteiger charge is -2.36. The number of benzene rings is 1. The number of hydrogen-bond donors (Lipinski definition) is 1. The predicted octanol–water partition coefficient (Wildman–Crippen LogP) is 5.41. The van der Waals surface area contributed by atoms with Crippen LogP contribution in [-0.2, 0) is 26.3 Å². The fourth-order valence-electron chi connectivity index (χ4n) is 2.37. The lowest BCUT2D eigenvalue weighted by molar-refractivity contribution is -0.144. The van der Waals surface area contributed by atoms with E-state index in [1.54, 1.807) is 0 Å². The van der Waals surface area contributed by atoms with Crippen molar-refractivity contribution < 1.29 is 45.1 Å². The Labute approximate surface area is 183 Å². The predicted molar refractivity (Wildman–Crippen MR) is 107 cm³/mol. The van der Waals surface area contributed by atoms with Crippen molar-refractivity contribution in [2.45, 2.75) is 63.7 Å². The van der Waals surface area contributed by atoms with E-state index in [0.717, 1.165) is 7.11 Å². The van der Waals surface area contributed by atoms with Crippen molar-refractivity contribution in [2.24, 2.45) is 0 Å². The normalized spacial score (nSPS) is 14.1. The maximum absolute atomic E-state index is 13.0. The topological polar surface area (TPSA) is 64.6 Å². The van der Waals surface area contributed by atoms with Gasteiger partial charge in [-0.1, -0.05) is 20.8 Å². The molecule has 1 amide bonds. The number of carbonyl (C=O) groups is 2. The van der Waals surface area contributed by atoms with E-state index in [9.17, 15) is 35.9 Å². The third kappa shape index (κ3) is 7.50. The highest BCUT2D eigenvalue weighted by atomic mass is 28.4. The van der Waals surface area contributed by atoms with Crippen LogP contribution in [0.2, 0.25) is 18.1 Å². The smallest absolute Gasteiger partial charge is 0.416 e. The molecule has 1 atom stereocenters. The molecule has 1 N–H and O–H groups in total. The maximum Gasteiger partial charge on any atom is 0.416 e. The van der Waals surface area contributed by atoms with Crippen molar-refractivity contribution in [1.29, 1.82) is 0 Å². The molecule has 0 radical (unpaired) electrons. The van der Waals surface area contributed by atoms with E-state index in [1.807, 2.05) is 33.9 Å². The summed E-state index contributed by atoms with van der Waals surface area (Å²) in [4.78, 5) is 24.5. The second kappa shape index (κ2) is 9.82. The fraction of sp³-hybridized carbons (Fsp3) is 0.600. The highest BCUT2D eigenvalue weighted by molar-refractivity contribution is 6.74. The monoisotopic (exact) mass is 487 g/mol. The largest absolute Gasteiger partial charge is 0.467 e. The molecule has 0 saturated carbocycles. The number of alkyl halides is 6. The quantitative estimate of drug-likeness (QED) is 0.318. The molecule has 32 heavy (non-hydrogen) atoms. The van der Waals surface area contributed by atoms with Crippen molar-refractivity contribution in [3.63, 3.8) is 0 Å². The molecular formula is C20H27F6NO4Si. The van der Waals surface area contributed by atoms with Crippen molar-refractivity contribution in [2.75, 3.05) is 13.7 Å². The Morgan fingerprint density at radius 2 is 1.44 bits per heavy atom. The highest BCUT2D eigenvalue weighted by Gasteiger charge is 2.39. The zero-order valence-electron chi connectivity index (χ0n) is 18.6. The number of halogens is 6. The van der Waals surface area contributed by atoms with Gasteiger partial charge in [-0.15, -0.1) is 0 Å². The van der Waals surface area contributed by atoms with Crippen LogP contribution in [0.15, 0.2) is 18.2 Å². The van der Waals surface area contributed by atoms with Crippen LogP contribution in [0.3, 0.4) is 0 Å². The molecule has 1 rings (SSSR count). The van der Waals surface area contributed by atoms with Gasteiger partial charge in [0.2, 0.25) is 0 Å². The van der Waals surface area contributed by atoms with Gasteiger partial charge in [-0.3, -0.25) is 4.79 Å². The van der Waals surface area contributed by atoms with Gasteiger partial charge in [-0.05, 0) is 36.3 Å². The van der Waals surface area contributed by atoms with Crippen molar-refractivity contribution >= 4 is 20.2 Å². The fourth-order valence-corrected chi connectivity index (χ4v) is 3.43. The number of carbonyl (C=O) groups excluding carboxylic acids is 2. The molecule has 0 heterocycles. The van der Waals surface area contributed by atoms with Crippen LogP contribution >= 0.6 is 0 Å². The lowest BCUT2D eigenvalue weighted by Crippen LogP contribution is -2.45. The van der Waals surface area contributed by atoms with Crippen LogP contribution in [0, 0.1) is 0 Å². The molecule has 0 unspecified atom stereocenters. The van der Waals surface area contributed by atoms with E-state index in [1.165, 1.54) is 0 Å². The summed E-state index contributed by atoms with van der Waals surface area (Å²) in [5, 5.41) is 2.02. The number of nitrogens with one attached hydrogen (secondary N) is 1. The van der Waals surface area contributed by atoms with Crippen LogP contribution in [-0.4, -0.2) is 40.0 Å². The second-order valence-corrected chi connectivity index (χ2v) is 13.6. The van der Waals surface area contributed by atoms with Crippen molar-refractivity contribution in [3.05, 3.63) is 34.9 Å². The molecule has 0 bridgehead atoms. The van der Waals surface area contributed by atoms with Crippen molar-refractivity contribution in [1.82, 2.24) is 5.32 Å². The van der Waals surface area contributed by atoms with Gasteiger partial charge in [-0.25, -0.2) is 4.79 Å². The molecule has 1 aromatic rings. The third-order valence-corrected chi connectivity index (χ3v) is 9.85. The Balaban J connectivity index is 3.12. The van der Waals surface area contributed by atoms with E-state index >= 15 is 0 Å². The van der Waals surface area contributed by atoms with Crippen LogP contribution in [0.4, 0.5) is 26.3 Å². The molecule has 0 aromatic heterocycles. The molecule has 182 valence electrons. The average Bonchev–Trinajstić information content (AvgIpc) is 2.63. The average molecular weight is 488 g/mol. The second-order valence-electron chi connectivity index (χ2n) is 8.74. The first-order valence-corrected chi connectivity index (χ1v) is 12.5. The molecule has 1 aromatic carbocycles. The van der Waals surface area contributed by atoms with Gasteiger partial charge in [0.05, 0.1) is 18.2 Å². The summed E-state index contributed by atoms with van der Waals surface area (Å²) in [6, 6.07) is -0.807. The number of esters is 1. The molecule has 0 aliphatic heterocycles. The van der Waals surface area contributed by atoms with Gasteiger partial charge in [0, 0.05) is 18.6 Å². The first-order valence-electron chi connectivity index (χ1n) is 9.61. The molecule has 0 saturated heterocycles. The minimum atomic E-state index is -5.10. The van der Waals surface area contributed by atoms with Crippen LogP contribution < -0.4 is 5.32 Å². The first-order chi connectivity index (χ1) is 14.3. The standard InChI is InChI=1S/C20H27F6NO4Si/c1-18(2,3)32(5,6)31-8-7-15(17(29)30-4)27-16(28)12-9-13(19(21,22)23)11-14(10-12)20(24,25)26/h9-11,15H,7-8H2,1-6H3,(H,27,28)/t15-/m1/s1. The zero-order chi connectivity index (χ0) is 25.1. The third-order valence-electron chi connectivity index (χ3n) is 5.32. The van der Waals surface area contributed by atoms with Gasteiger partial charge >= 0.3 is 18.3 Å². The molecule has 0 aliphatic carbocycles. The summed E-state index contributed by atoms with van der Waals surface area (Å²) >= 11 is 0. The Morgan fingerprint density at radius 3 is 1.81 bits per heavy atom. The van der Waals surface area contributed by atoms with E-state index < -0.39 is 55.3 Å². The van der Waals surface area contributed by atoms with Gasteiger partial charge in [0.15, 0.2) is 8.32 Å². The highest BCUT2D eigenvalue weighted by Crippen LogP contribution is 2.37. The summed E-state index contributed by atoms with van der Waals surface area (Å²) < 4.78 is 88.7. The minimum Gasteiger partial charge on any atom is -0.467 e. The van der Waals surface area contributed by atoms with E-state index in [-0.39, 0.29) is 24.1 Å². The minimum absolute atomic E-state index is 0.0347. The van der Waals surface area contributed by atoms with Gasteiger partial charge < -0.3 is 14.5 Å². The SMILES string of the molecule is COC(=O)[C@@H](CCO[Si](C)(C)C(C)(C)C)NC(=O)c1cc(C(F)(F)F)cc(C(F)(F)F)c1. The number of hydrogen-bond acceptors (Lipinski definition) is 4. The summed E-state index contributed by atoms with van der Waals surface area (Å²) in [6.45, 7) is 9.92. The Hall–Kier alpha value is -2.08. The first kappa shape index (κ1) is 28.0. The number of methoxy groups -OCH3 is 1. The zero-order valence-corrected chi connectivity index (χ0v) is 19.6. The summed E-state index contributed by atoms with van der Waals surface area (Å²) in [7, 11) is -1.15. The molecular weight excluding hydrogens is 460 g/mol. The molecule has 0 spiro atoms. The van der Waals surface area contributed by atoms with Gasteiger partial charge in [0.25, 0.3) is 5.91 Å². The number of rotatable bonds is 7. The summed E-state index contributed by atoms with van der Waals surface area (Å²) in [5.74, 6) is -2.18. The van der Waals surface area contributed by atoms with E-state index in [2.05, 4.69) is 10.1 Å². The lowest BCUT2D eigenvalue weighted by atomic mass is 10.0. The summed E-state index contributed by atoms with van der Waals surface area (Å²) in [5.41, 5.74) is -4.15. The number of ether oxygens (including phenoxy) is 1. The molecule has 0 fully saturated rings. The van der Waals surface area contributed by atoms with Crippen molar-refractivity contribution in [3.8, 4) is 0 Å². The van der Waals surface area contributed by atoms with E-state index in [4.69, 9.17) is 4.43 Å². The summed E-state index contributed by atoms with van der Waals surface area (Å²) in [6.07, 6.45) is -10.3. The maximum atomic E-state index is 13.0. The van der Waals surface area contributed by atoms with Gasteiger partial charge in [-0.2, -0.15) is 26.3 Å². The van der Waals surface area contributed by atoms with E-state index in [0.29, 0.717) is 12.1 Å². The number of amides is 1. The van der Waals surface area contributed by atoms with Crippen LogP contribution in [0.1, 0.15) is 48.7 Å². The van der Waals surface area contributed by atoms with Gasteiger partial charge in [0.1, 0.15) is 6.04 Å².